The molecule has 0 atom stereocenters. The van der Waals surface area contributed by atoms with Crippen molar-refractivity contribution in [2.45, 2.75) is 18.0 Å². The van der Waals surface area contributed by atoms with Crippen LogP contribution in [0, 0.1) is 5.82 Å². The lowest BCUT2D eigenvalue weighted by Gasteiger charge is -2.27. The maximum absolute atomic E-state index is 14.4. The van der Waals surface area contributed by atoms with Crippen LogP contribution in [0.3, 0.4) is 0 Å². The Hall–Kier alpha value is -2.37. The van der Waals surface area contributed by atoms with Crippen LogP contribution in [0.2, 0.25) is 0 Å². The Kier molecular flexibility index (Phi) is 7.71. The van der Waals surface area contributed by atoms with Crippen LogP contribution in [0.15, 0.2) is 47.4 Å². The summed E-state index contributed by atoms with van der Waals surface area (Å²) < 4.78 is 51.9. The van der Waals surface area contributed by atoms with Crippen LogP contribution in [0.1, 0.15) is 21.5 Å². The van der Waals surface area contributed by atoms with Gasteiger partial charge in [-0.15, -0.1) is 0 Å². The van der Waals surface area contributed by atoms with Crippen LogP contribution in [0.25, 0.3) is 0 Å². The van der Waals surface area contributed by atoms with Crippen LogP contribution in [-0.4, -0.2) is 76.1 Å². The summed E-state index contributed by atoms with van der Waals surface area (Å²) in [5, 5.41) is 2.84. The fourth-order valence-electron chi connectivity index (χ4n) is 3.93. The average Bonchev–Trinajstić information content (AvgIpc) is 2.84. The van der Waals surface area contributed by atoms with E-state index in [0.29, 0.717) is 13.2 Å². The van der Waals surface area contributed by atoms with Gasteiger partial charge in [0.15, 0.2) is 0 Å². The highest BCUT2D eigenvalue weighted by Gasteiger charge is 2.29. The van der Waals surface area contributed by atoms with Crippen molar-refractivity contribution in [3.8, 4) is 0 Å². The summed E-state index contributed by atoms with van der Waals surface area (Å²) >= 11 is 0. The van der Waals surface area contributed by atoms with Crippen LogP contribution >= 0.6 is 0 Å². The highest BCUT2D eigenvalue weighted by molar-refractivity contribution is 7.89. The molecule has 2 aromatic carbocycles. The predicted molar refractivity (Wildman–Crippen MR) is 120 cm³/mol. The number of morpholine rings is 2. The zero-order valence-corrected chi connectivity index (χ0v) is 19.2. The first-order valence-corrected chi connectivity index (χ1v) is 12.4. The molecule has 0 radical (unpaired) electrons. The molecule has 2 aliphatic rings. The molecule has 8 nitrogen and oxygen atoms in total. The fraction of sp³-hybridized carbons (Fsp3) is 0.435. The molecule has 0 bridgehead atoms. The summed E-state index contributed by atoms with van der Waals surface area (Å²) in [7, 11) is -4.06. The highest BCUT2D eigenvalue weighted by atomic mass is 32.2. The molecule has 1 amide bonds. The Morgan fingerprint density at radius 2 is 1.58 bits per heavy atom. The third-order valence-electron chi connectivity index (χ3n) is 5.84. The Morgan fingerprint density at radius 3 is 2.27 bits per heavy atom. The van der Waals surface area contributed by atoms with Crippen LogP contribution in [0.5, 0.6) is 0 Å². The van der Waals surface area contributed by atoms with Crippen LogP contribution < -0.4 is 5.32 Å². The third-order valence-corrected chi connectivity index (χ3v) is 7.75. The number of benzene rings is 2. The zero-order chi connectivity index (χ0) is 23.3. The molecule has 2 saturated heterocycles. The van der Waals surface area contributed by atoms with Gasteiger partial charge in [-0.2, -0.15) is 4.31 Å². The zero-order valence-electron chi connectivity index (χ0n) is 18.3. The summed E-state index contributed by atoms with van der Waals surface area (Å²) in [5.41, 5.74) is 2.17. The summed E-state index contributed by atoms with van der Waals surface area (Å²) in [5.74, 6) is -1.34. The topological polar surface area (TPSA) is 88.2 Å². The highest BCUT2D eigenvalue weighted by Crippen LogP contribution is 2.22. The maximum Gasteiger partial charge on any atom is 0.251 e. The van der Waals surface area contributed by atoms with E-state index in [0.717, 1.165) is 42.9 Å². The van der Waals surface area contributed by atoms with E-state index in [1.165, 1.54) is 10.4 Å². The Bertz CT molecular complexity index is 1080. The van der Waals surface area contributed by atoms with E-state index in [4.69, 9.17) is 9.47 Å². The molecule has 2 fully saturated rings. The van der Waals surface area contributed by atoms with E-state index in [1.54, 1.807) is 0 Å². The number of carbonyl (C=O) groups is 1. The Labute approximate surface area is 193 Å². The molecule has 0 aromatic heterocycles. The number of nitrogens with one attached hydrogen (secondary N) is 1. The first kappa shape index (κ1) is 23.8. The Balaban J connectivity index is 1.46. The van der Waals surface area contributed by atoms with Crippen LogP contribution in [-0.2, 0) is 32.6 Å². The van der Waals surface area contributed by atoms with Crippen molar-refractivity contribution in [2.24, 2.45) is 0 Å². The lowest BCUT2D eigenvalue weighted by atomic mass is 10.1. The molecule has 2 heterocycles. The molecule has 0 aliphatic carbocycles. The van der Waals surface area contributed by atoms with Gasteiger partial charge in [0.1, 0.15) is 10.7 Å². The van der Waals surface area contributed by atoms with Crippen LogP contribution in [0.4, 0.5) is 4.39 Å². The minimum Gasteiger partial charge on any atom is -0.379 e. The molecule has 10 heteroatoms. The number of carbonyl (C=O) groups excluding carboxylic acids is 1. The fourth-order valence-corrected chi connectivity index (χ4v) is 5.43. The van der Waals surface area contributed by atoms with Gasteiger partial charge in [0.05, 0.1) is 26.4 Å². The number of sulfonamides is 1. The van der Waals surface area contributed by atoms with Gasteiger partial charge in [-0.1, -0.05) is 24.3 Å². The number of hydrogen-bond donors (Lipinski definition) is 1. The van der Waals surface area contributed by atoms with Crippen molar-refractivity contribution in [1.29, 1.82) is 0 Å². The van der Waals surface area contributed by atoms with E-state index in [1.807, 2.05) is 24.3 Å². The van der Waals surface area contributed by atoms with Gasteiger partial charge in [-0.05, 0) is 29.3 Å². The van der Waals surface area contributed by atoms with E-state index < -0.39 is 26.6 Å². The molecule has 1 N–H and O–H groups in total. The third kappa shape index (κ3) is 5.77. The van der Waals surface area contributed by atoms with Crippen molar-refractivity contribution in [3.05, 3.63) is 65.0 Å². The van der Waals surface area contributed by atoms with Crippen molar-refractivity contribution < 1.29 is 27.1 Å². The predicted octanol–water partition coefficient (Wildman–Crippen LogP) is 1.61. The quantitative estimate of drug-likeness (QED) is 0.652. The molecule has 0 saturated carbocycles. The number of ether oxygens (including phenoxy) is 2. The second-order valence-corrected chi connectivity index (χ2v) is 9.91. The van der Waals surface area contributed by atoms with Gasteiger partial charge < -0.3 is 14.8 Å². The second kappa shape index (κ2) is 10.7. The first-order valence-electron chi connectivity index (χ1n) is 11.0. The summed E-state index contributed by atoms with van der Waals surface area (Å²) in [6, 6.07) is 11.3. The molecule has 2 aromatic rings. The van der Waals surface area contributed by atoms with E-state index in [9.17, 15) is 17.6 Å². The monoisotopic (exact) mass is 477 g/mol. The first-order chi connectivity index (χ1) is 15.9. The molecule has 178 valence electrons. The van der Waals surface area contributed by atoms with E-state index >= 15 is 0 Å². The SMILES string of the molecule is O=C(NCc1ccccc1CN1CCOCC1)c1ccc(F)c(S(=O)(=O)N2CCOCC2)c1. The summed E-state index contributed by atoms with van der Waals surface area (Å²) in [6.07, 6.45) is 0. The smallest absolute Gasteiger partial charge is 0.251 e. The molecule has 4 rings (SSSR count). The number of nitrogens with zero attached hydrogens (tertiary/aromatic N) is 2. The van der Waals surface area contributed by atoms with Gasteiger partial charge in [0.25, 0.3) is 5.91 Å². The van der Waals surface area contributed by atoms with Crippen molar-refractivity contribution >= 4 is 15.9 Å². The Morgan fingerprint density at radius 1 is 0.939 bits per heavy atom. The standard InChI is InChI=1S/C23H28FN3O5S/c24-21-6-5-18(15-22(21)33(29,30)27-9-13-32-14-10-27)23(28)25-16-19-3-1-2-4-20(19)17-26-7-11-31-12-8-26/h1-6,15H,7-14,16-17H2,(H,25,28). The maximum atomic E-state index is 14.4. The largest absolute Gasteiger partial charge is 0.379 e. The van der Waals surface area contributed by atoms with Gasteiger partial charge in [0, 0.05) is 44.8 Å². The number of rotatable bonds is 7. The lowest BCUT2D eigenvalue weighted by molar-refractivity contribution is 0.0340. The molecule has 2 aliphatic heterocycles. The lowest BCUT2D eigenvalue weighted by Crippen LogP contribution is -2.41. The summed E-state index contributed by atoms with van der Waals surface area (Å²) in [6.45, 7) is 4.98. The normalized spacial score (nSPS) is 18.2. The molecule has 0 unspecified atom stereocenters. The van der Waals surface area contributed by atoms with Crippen molar-refractivity contribution in [1.82, 2.24) is 14.5 Å². The minimum absolute atomic E-state index is 0.0916. The number of hydrogen-bond acceptors (Lipinski definition) is 6. The van der Waals surface area contributed by atoms with Crippen molar-refractivity contribution in [3.63, 3.8) is 0 Å². The molecular formula is C23H28FN3O5S. The van der Waals surface area contributed by atoms with Gasteiger partial charge in [0.2, 0.25) is 10.0 Å². The number of halogens is 1. The van der Waals surface area contributed by atoms with Gasteiger partial charge >= 0.3 is 0 Å². The molecule has 0 spiro atoms. The molecule has 33 heavy (non-hydrogen) atoms. The van der Waals surface area contributed by atoms with Gasteiger partial charge in [-0.3, -0.25) is 9.69 Å². The minimum atomic E-state index is -4.06. The van der Waals surface area contributed by atoms with E-state index in [2.05, 4.69) is 10.2 Å². The van der Waals surface area contributed by atoms with E-state index in [-0.39, 0.29) is 38.4 Å². The van der Waals surface area contributed by atoms with Crippen molar-refractivity contribution in [2.75, 3.05) is 52.6 Å². The molecular weight excluding hydrogens is 449 g/mol. The van der Waals surface area contributed by atoms with Gasteiger partial charge in [-0.25, -0.2) is 12.8 Å². The summed E-state index contributed by atoms with van der Waals surface area (Å²) in [4.78, 5) is 14.6. The second-order valence-electron chi connectivity index (χ2n) is 8.00. The average molecular weight is 478 g/mol. The number of amides is 1.